The largest absolute Gasteiger partial charge is 0.496 e. The molecule has 1 aromatic carbocycles. The molecular weight excluding hydrogens is 226 g/mol. The van der Waals surface area contributed by atoms with Gasteiger partial charge in [-0.25, -0.2) is 0 Å². The van der Waals surface area contributed by atoms with Gasteiger partial charge in [0.05, 0.1) is 20.3 Å². The van der Waals surface area contributed by atoms with Crippen molar-refractivity contribution in [2.24, 2.45) is 0 Å². The second-order valence-electron chi connectivity index (χ2n) is 5.29. The fourth-order valence-corrected chi connectivity index (χ4v) is 2.90. The van der Waals surface area contributed by atoms with Crippen molar-refractivity contribution in [3.63, 3.8) is 0 Å². The Labute approximate surface area is 109 Å². The van der Waals surface area contributed by atoms with Crippen LogP contribution in [0.5, 0.6) is 5.75 Å². The monoisotopic (exact) mass is 249 g/mol. The van der Waals surface area contributed by atoms with E-state index in [-0.39, 0.29) is 5.41 Å². The van der Waals surface area contributed by atoms with Gasteiger partial charge in [0.25, 0.3) is 0 Å². The first-order valence-electron chi connectivity index (χ1n) is 6.51. The summed E-state index contributed by atoms with van der Waals surface area (Å²) >= 11 is 0. The third kappa shape index (κ3) is 2.25. The molecule has 3 heteroatoms. The van der Waals surface area contributed by atoms with Crippen LogP contribution in [-0.4, -0.2) is 33.9 Å². The smallest absolute Gasteiger partial charge is 0.123 e. The van der Waals surface area contributed by atoms with Crippen LogP contribution < -0.4 is 10.1 Å². The highest BCUT2D eigenvalue weighted by Crippen LogP contribution is 2.42. The molecule has 0 bridgehead atoms. The minimum atomic E-state index is 0.131. The predicted molar refractivity (Wildman–Crippen MR) is 73.5 cm³/mol. The lowest BCUT2D eigenvalue weighted by atomic mass is 9.73. The van der Waals surface area contributed by atoms with Gasteiger partial charge in [0.2, 0.25) is 0 Å². The van der Waals surface area contributed by atoms with E-state index in [9.17, 15) is 0 Å². The van der Waals surface area contributed by atoms with Crippen molar-refractivity contribution < 1.29 is 9.47 Å². The van der Waals surface area contributed by atoms with Crippen LogP contribution in [0.3, 0.4) is 0 Å². The highest BCUT2D eigenvalue weighted by atomic mass is 16.5. The molecule has 1 fully saturated rings. The van der Waals surface area contributed by atoms with Crippen molar-refractivity contribution in [2.45, 2.75) is 25.7 Å². The van der Waals surface area contributed by atoms with Crippen molar-refractivity contribution in [1.29, 1.82) is 0 Å². The maximum absolute atomic E-state index is 5.59. The lowest BCUT2D eigenvalue weighted by Crippen LogP contribution is -2.49. The molecule has 1 aliphatic rings. The Morgan fingerprint density at radius 3 is 2.56 bits per heavy atom. The number of aryl methyl sites for hydroxylation is 2. The highest BCUT2D eigenvalue weighted by molar-refractivity contribution is 5.49. The van der Waals surface area contributed by atoms with Crippen LogP contribution in [0, 0.1) is 13.8 Å². The summed E-state index contributed by atoms with van der Waals surface area (Å²) in [6, 6.07) is 4.36. The molecule has 0 aromatic heterocycles. The summed E-state index contributed by atoms with van der Waals surface area (Å²) in [6.07, 6.45) is 1.09. The van der Waals surface area contributed by atoms with Gasteiger partial charge in [-0.1, -0.05) is 6.07 Å². The summed E-state index contributed by atoms with van der Waals surface area (Å²) in [4.78, 5) is 0. The Morgan fingerprint density at radius 2 is 2.06 bits per heavy atom. The van der Waals surface area contributed by atoms with Gasteiger partial charge in [-0.05, 0) is 51.1 Å². The number of nitrogens with one attached hydrogen (secondary N) is 1. The molecule has 0 spiro atoms. The topological polar surface area (TPSA) is 30.5 Å². The van der Waals surface area contributed by atoms with Gasteiger partial charge in [0.15, 0.2) is 0 Å². The minimum absolute atomic E-state index is 0.131. The van der Waals surface area contributed by atoms with Crippen molar-refractivity contribution in [2.75, 3.05) is 33.9 Å². The highest BCUT2D eigenvalue weighted by Gasteiger charge is 2.42. The first kappa shape index (κ1) is 13.4. The number of benzene rings is 1. The molecule has 0 amide bonds. The fraction of sp³-hybridized carbons (Fsp3) is 0.600. The standard InChI is InChI=1S/C15H23NO2/c1-11-7-12(2)14(13(8-11)17-4)15(5-6-16-3)9-18-10-15/h7-8,16H,5-6,9-10H2,1-4H3. The lowest BCUT2D eigenvalue weighted by molar-refractivity contribution is -0.0650. The number of hydrogen-bond donors (Lipinski definition) is 1. The van der Waals surface area contributed by atoms with Gasteiger partial charge < -0.3 is 14.8 Å². The van der Waals surface area contributed by atoms with Gasteiger partial charge in [-0.15, -0.1) is 0 Å². The second-order valence-corrected chi connectivity index (χ2v) is 5.29. The van der Waals surface area contributed by atoms with E-state index in [2.05, 4.69) is 31.3 Å². The SMILES string of the molecule is CNCCC1(c2c(C)cc(C)cc2OC)COC1. The number of methoxy groups -OCH3 is 1. The molecule has 0 radical (unpaired) electrons. The van der Waals surface area contributed by atoms with Gasteiger partial charge in [-0.2, -0.15) is 0 Å². The third-order valence-electron chi connectivity index (χ3n) is 3.80. The Hall–Kier alpha value is -1.06. The normalized spacial score (nSPS) is 17.3. The quantitative estimate of drug-likeness (QED) is 0.867. The maximum atomic E-state index is 5.59. The zero-order valence-electron chi connectivity index (χ0n) is 11.8. The van der Waals surface area contributed by atoms with Gasteiger partial charge in [0.1, 0.15) is 5.75 Å². The molecule has 1 saturated heterocycles. The summed E-state index contributed by atoms with van der Waals surface area (Å²) in [7, 11) is 3.75. The zero-order chi connectivity index (χ0) is 13.2. The predicted octanol–water partition coefficient (Wildman–Crippen LogP) is 2.19. The number of rotatable bonds is 5. The van der Waals surface area contributed by atoms with E-state index in [1.54, 1.807) is 7.11 Å². The summed E-state index contributed by atoms with van der Waals surface area (Å²) in [6.45, 7) is 6.88. The van der Waals surface area contributed by atoms with Crippen LogP contribution >= 0.6 is 0 Å². The Balaban J connectivity index is 2.41. The third-order valence-corrected chi connectivity index (χ3v) is 3.80. The molecule has 1 heterocycles. The molecule has 1 aromatic rings. The van der Waals surface area contributed by atoms with E-state index in [0.717, 1.165) is 31.9 Å². The molecule has 100 valence electrons. The van der Waals surface area contributed by atoms with Crippen LogP contribution in [0.2, 0.25) is 0 Å². The average Bonchev–Trinajstić information content (AvgIpc) is 2.29. The minimum Gasteiger partial charge on any atom is -0.496 e. The van der Waals surface area contributed by atoms with E-state index < -0.39 is 0 Å². The summed E-state index contributed by atoms with van der Waals surface area (Å²) in [5, 5.41) is 3.23. The van der Waals surface area contributed by atoms with E-state index in [4.69, 9.17) is 9.47 Å². The Bertz CT molecular complexity index is 425. The zero-order valence-corrected chi connectivity index (χ0v) is 11.8. The van der Waals surface area contributed by atoms with Crippen LogP contribution in [0.1, 0.15) is 23.1 Å². The number of ether oxygens (including phenoxy) is 2. The average molecular weight is 249 g/mol. The van der Waals surface area contributed by atoms with Crippen LogP contribution in [-0.2, 0) is 10.2 Å². The molecular formula is C15H23NO2. The molecule has 0 aliphatic carbocycles. The van der Waals surface area contributed by atoms with E-state index in [0.29, 0.717) is 0 Å². The van der Waals surface area contributed by atoms with Gasteiger partial charge in [-0.3, -0.25) is 0 Å². The maximum Gasteiger partial charge on any atom is 0.123 e. The molecule has 0 atom stereocenters. The van der Waals surface area contributed by atoms with Gasteiger partial charge >= 0.3 is 0 Å². The molecule has 3 nitrogen and oxygen atoms in total. The first-order valence-corrected chi connectivity index (χ1v) is 6.51. The van der Waals surface area contributed by atoms with Crippen molar-refractivity contribution in [3.05, 3.63) is 28.8 Å². The Kier molecular flexibility index (Phi) is 3.93. The van der Waals surface area contributed by atoms with Gasteiger partial charge in [0, 0.05) is 11.0 Å². The molecule has 0 unspecified atom stereocenters. The molecule has 2 rings (SSSR count). The second kappa shape index (κ2) is 5.29. The van der Waals surface area contributed by atoms with Crippen molar-refractivity contribution in [3.8, 4) is 5.75 Å². The summed E-state index contributed by atoms with van der Waals surface area (Å²) < 4.78 is 11.1. The molecule has 18 heavy (non-hydrogen) atoms. The van der Waals surface area contributed by atoms with Crippen molar-refractivity contribution in [1.82, 2.24) is 5.32 Å². The van der Waals surface area contributed by atoms with E-state index in [1.807, 2.05) is 7.05 Å². The first-order chi connectivity index (χ1) is 8.63. The van der Waals surface area contributed by atoms with Crippen LogP contribution in [0.4, 0.5) is 0 Å². The Morgan fingerprint density at radius 1 is 1.33 bits per heavy atom. The van der Waals surface area contributed by atoms with E-state index in [1.165, 1.54) is 16.7 Å². The van der Waals surface area contributed by atoms with Crippen molar-refractivity contribution >= 4 is 0 Å². The van der Waals surface area contributed by atoms with Crippen LogP contribution in [0.15, 0.2) is 12.1 Å². The fourth-order valence-electron chi connectivity index (χ4n) is 2.90. The number of hydrogen-bond acceptors (Lipinski definition) is 3. The molecule has 0 saturated carbocycles. The van der Waals surface area contributed by atoms with Crippen LogP contribution in [0.25, 0.3) is 0 Å². The lowest BCUT2D eigenvalue weighted by Gasteiger charge is -2.43. The molecule has 1 N–H and O–H groups in total. The summed E-state index contributed by atoms with van der Waals surface area (Å²) in [5.74, 6) is 1.01. The molecule has 1 aliphatic heterocycles. The summed E-state index contributed by atoms with van der Waals surface area (Å²) in [5.41, 5.74) is 4.02. The van der Waals surface area contributed by atoms with E-state index >= 15 is 0 Å².